The number of allylic oxidation sites excluding steroid dienone is 2. The van der Waals surface area contributed by atoms with E-state index in [0.717, 1.165) is 73.1 Å². The third kappa shape index (κ3) is 2.98. The monoisotopic (exact) mass is 405 g/mol. The van der Waals surface area contributed by atoms with Gasteiger partial charge in [0.2, 0.25) is 11.9 Å². The van der Waals surface area contributed by atoms with E-state index in [9.17, 15) is 5.21 Å². The molecule has 0 atom stereocenters. The number of aryl methyl sites for hydroxylation is 1. The Hall–Kier alpha value is -3.16. The number of fused-ring (bicyclic) bond motifs is 2. The lowest BCUT2D eigenvalue weighted by Gasteiger charge is -2.35. The van der Waals surface area contributed by atoms with Gasteiger partial charge in [-0.05, 0) is 31.4 Å². The number of aromatic nitrogens is 5. The quantitative estimate of drug-likeness (QED) is 0.668. The van der Waals surface area contributed by atoms with Crippen LogP contribution in [-0.4, -0.2) is 56.1 Å². The van der Waals surface area contributed by atoms with Crippen LogP contribution in [0.25, 0.3) is 17.0 Å². The SMILES string of the molecule is CCC1=C(C)c2cnc(N3CCN(c4ncc5cc(CC)nc-5n4O)CC3)nc2C1. The molecule has 3 aliphatic heterocycles. The molecule has 5 rings (SSSR count). The van der Waals surface area contributed by atoms with Crippen LogP contribution in [0, 0.1) is 0 Å². The molecule has 4 aliphatic rings. The fourth-order valence-corrected chi connectivity index (χ4v) is 4.44. The molecule has 30 heavy (non-hydrogen) atoms. The van der Waals surface area contributed by atoms with Crippen molar-refractivity contribution in [2.24, 2.45) is 0 Å². The standard InChI is InChI=1S/C22H27N7O/c1-4-15-11-19-18(14(15)3)13-23-21(26-19)27-6-8-28(9-7-27)22-24-12-16-10-17(5-2)25-20(16)29(22)30/h10,12-13,30H,4-9,11H2,1-3H3. The van der Waals surface area contributed by atoms with Crippen molar-refractivity contribution in [2.75, 3.05) is 36.0 Å². The van der Waals surface area contributed by atoms with Crippen molar-refractivity contribution in [3.63, 3.8) is 0 Å². The molecule has 4 heterocycles. The van der Waals surface area contributed by atoms with Gasteiger partial charge in [-0.3, -0.25) is 0 Å². The van der Waals surface area contributed by atoms with E-state index in [1.807, 2.05) is 12.3 Å². The Morgan fingerprint density at radius 3 is 2.47 bits per heavy atom. The summed E-state index contributed by atoms with van der Waals surface area (Å²) in [6.45, 7) is 9.45. The van der Waals surface area contributed by atoms with Crippen molar-refractivity contribution < 1.29 is 5.21 Å². The van der Waals surface area contributed by atoms with Crippen molar-refractivity contribution in [1.82, 2.24) is 24.7 Å². The van der Waals surface area contributed by atoms with E-state index in [0.29, 0.717) is 11.8 Å². The summed E-state index contributed by atoms with van der Waals surface area (Å²) in [6.07, 6.45) is 6.60. The Bertz CT molecular complexity index is 1090. The summed E-state index contributed by atoms with van der Waals surface area (Å²) in [5.74, 6) is 1.89. The van der Waals surface area contributed by atoms with E-state index in [2.05, 4.69) is 45.5 Å². The summed E-state index contributed by atoms with van der Waals surface area (Å²) >= 11 is 0. The second-order valence-electron chi connectivity index (χ2n) is 8.01. The van der Waals surface area contributed by atoms with Crippen LogP contribution in [0.5, 0.6) is 0 Å². The van der Waals surface area contributed by atoms with Gasteiger partial charge in [0, 0.05) is 61.8 Å². The van der Waals surface area contributed by atoms with Crippen molar-refractivity contribution in [3.8, 4) is 11.4 Å². The minimum atomic E-state index is 0.533. The Morgan fingerprint density at radius 2 is 1.73 bits per heavy atom. The molecule has 1 saturated heterocycles. The van der Waals surface area contributed by atoms with Gasteiger partial charge in [0.25, 0.3) is 0 Å². The van der Waals surface area contributed by atoms with E-state index >= 15 is 0 Å². The van der Waals surface area contributed by atoms with E-state index in [-0.39, 0.29) is 0 Å². The van der Waals surface area contributed by atoms with Crippen molar-refractivity contribution in [3.05, 3.63) is 41.0 Å². The summed E-state index contributed by atoms with van der Waals surface area (Å²) < 4.78 is 1.12. The molecule has 0 unspecified atom stereocenters. The molecule has 0 spiro atoms. The first kappa shape index (κ1) is 18.8. The largest absolute Gasteiger partial charge is 0.423 e. The fourth-order valence-electron chi connectivity index (χ4n) is 4.44. The number of hydrogen-bond donors (Lipinski definition) is 1. The smallest absolute Gasteiger partial charge is 0.241 e. The van der Waals surface area contributed by atoms with Crippen LogP contribution in [0.1, 0.15) is 44.1 Å². The third-order valence-electron chi connectivity index (χ3n) is 6.34. The molecule has 8 heteroatoms. The molecule has 156 valence electrons. The van der Waals surface area contributed by atoms with Crippen LogP contribution in [0.3, 0.4) is 0 Å². The molecule has 0 radical (unpaired) electrons. The highest BCUT2D eigenvalue weighted by Gasteiger charge is 2.26. The van der Waals surface area contributed by atoms with Crippen molar-refractivity contribution >= 4 is 17.5 Å². The van der Waals surface area contributed by atoms with Gasteiger partial charge in [-0.25, -0.2) is 19.9 Å². The molecule has 0 bridgehead atoms. The zero-order valence-electron chi connectivity index (χ0n) is 17.8. The molecule has 1 aromatic rings. The van der Waals surface area contributed by atoms with Gasteiger partial charge in [-0.15, -0.1) is 4.73 Å². The highest BCUT2D eigenvalue weighted by molar-refractivity contribution is 5.73. The Balaban J connectivity index is 1.32. The summed E-state index contributed by atoms with van der Waals surface area (Å²) in [6, 6.07) is 1.97. The van der Waals surface area contributed by atoms with Crippen LogP contribution < -0.4 is 9.80 Å². The van der Waals surface area contributed by atoms with Gasteiger partial charge in [-0.2, -0.15) is 0 Å². The summed E-state index contributed by atoms with van der Waals surface area (Å²) in [7, 11) is 0. The number of rotatable bonds is 4. The predicted molar refractivity (Wildman–Crippen MR) is 116 cm³/mol. The molecular weight excluding hydrogens is 378 g/mol. The lowest BCUT2D eigenvalue weighted by atomic mass is 10.1. The number of nitrogens with zero attached hydrogens (tertiary/aromatic N) is 7. The predicted octanol–water partition coefficient (Wildman–Crippen LogP) is 3.04. The summed E-state index contributed by atoms with van der Waals surface area (Å²) in [4.78, 5) is 22.8. The van der Waals surface area contributed by atoms with Crippen LogP contribution >= 0.6 is 0 Å². The fraction of sp³-hybridized carbons (Fsp3) is 0.455. The highest BCUT2D eigenvalue weighted by atomic mass is 16.5. The minimum Gasteiger partial charge on any atom is -0.423 e. The molecule has 8 nitrogen and oxygen atoms in total. The second-order valence-corrected chi connectivity index (χ2v) is 8.01. The maximum atomic E-state index is 10.7. The molecule has 1 aromatic heterocycles. The topological polar surface area (TPSA) is 83.2 Å². The first-order valence-electron chi connectivity index (χ1n) is 10.7. The number of anilines is 2. The van der Waals surface area contributed by atoms with Gasteiger partial charge in [-0.1, -0.05) is 19.4 Å². The molecule has 1 N–H and O–H groups in total. The van der Waals surface area contributed by atoms with Gasteiger partial charge < -0.3 is 15.0 Å². The summed E-state index contributed by atoms with van der Waals surface area (Å²) in [5, 5.41) is 10.7. The Morgan fingerprint density at radius 1 is 0.967 bits per heavy atom. The van der Waals surface area contributed by atoms with Gasteiger partial charge in [0.05, 0.1) is 5.69 Å². The van der Waals surface area contributed by atoms with Crippen LogP contribution in [0.15, 0.2) is 24.0 Å². The van der Waals surface area contributed by atoms with Crippen LogP contribution in [0.4, 0.5) is 11.9 Å². The van der Waals surface area contributed by atoms with E-state index in [4.69, 9.17) is 4.98 Å². The molecule has 0 aromatic carbocycles. The Kier molecular flexibility index (Phi) is 4.56. The first-order chi connectivity index (χ1) is 14.6. The zero-order chi connectivity index (χ0) is 20.8. The molecular formula is C22H27N7O. The van der Waals surface area contributed by atoms with Crippen molar-refractivity contribution in [2.45, 2.75) is 40.0 Å². The first-order valence-corrected chi connectivity index (χ1v) is 10.7. The lowest BCUT2D eigenvalue weighted by molar-refractivity contribution is 0.185. The average molecular weight is 406 g/mol. The normalized spacial score (nSPS) is 16.6. The van der Waals surface area contributed by atoms with Gasteiger partial charge in [0.1, 0.15) is 0 Å². The molecule has 1 fully saturated rings. The van der Waals surface area contributed by atoms with Gasteiger partial charge >= 0.3 is 0 Å². The highest BCUT2D eigenvalue weighted by Crippen LogP contribution is 2.33. The second kappa shape index (κ2) is 7.27. The van der Waals surface area contributed by atoms with Gasteiger partial charge in [0.15, 0.2) is 5.82 Å². The Labute approximate surface area is 176 Å². The van der Waals surface area contributed by atoms with E-state index in [1.165, 1.54) is 16.7 Å². The minimum absolute atomic E-state index is 0.533. The maximum absolute atomic E-state index is 10.7. The number of hydrogen-bond acceptors (Lipinski definition) is 7. The lowest BCUT2D eigenvalue weighted by Crippen LogP contribution is -2.48. The third-order valence-corrected chi connectivity index (χ3v) is 6.34. The summed E-state index contributed by atoms with van der Waals surface area (Å²) in [5.41, 5.74) is 6.96. The van der Waals surface area contributed by atoms with Crippen LogP contribution in [0.2, 0.25) is 0 Å². The molecule has 0 saturated carbocycles. The molecule has 1 aliphatic carbocycles. The molecule has 0 amide bonds. The van der Waals surface area contributed by atoms with E-state index in [1.54, 1.807) is 6.20 Å². The van der Waals surface area contributed by atoms with Crippen molar-refractivity contribution in [1.29, 1.82) is 0 Å². The zero-order valence-corrected chi connectivity index (χ0v) is 17.8. The van der Waals surface area contributed by atoms with E-state index < -0.39 is 0 Å². The number of piperazine rings is 1. The average Bonchev–Trinajstić information content (AvgIpc) is 3.35. The maximum Gasteiger partial charge on any atom is 0.241 e. The van der Waals surface area contributed by atoms with Crippen LogP contribution in [-0.2, 0) is 12.8 Å².